The van der Waals surface area contributed by atoms with Crippen LogP contribution in [0.25, 0.3) is 10.9 Å². The summed E-state index contributed by atoms with van der Waals surface area (Å²) in [6.07, 6.45) is 3.51. The lowest BCUT2D eigenvalue weighted by Crippen LogP contribution is -2.20. The zero-order valence-electron chi connectivity index (χ0n) is 10.0. The van der Waals surface area contributed by atoms with E-state index in [2.05, 4.69) is 12.0 Å². The van der Waals surface area contributed by atoms with E-state index in [0.29, 0.717) is 0 Å². The van der Waals surface area contributed by atoms with E-state index in [1.807, 2.05) is 22.9 Å². The lowest BCUT2D eigenvalue weighted by atomic mass is 10.1. The Balaban J connectivity index is 2.07. The standard InChI is InChI=1S/C13H17N3O/c1-9-11-6-5-10(14)8-12(11)15-16(9)13-4-2-3-7-17-13/h5-6,8,13H,2-4,7,14H2,1H3. The summed E-state index contributed by atoms with van der Waals surface area (Å²) in [6, 6.07) is 5.87. The van der Waals surface area contributed by atoms with E-state index in [9.17, 15) is 0 Å². The topological polar surface area (TPSA) is 53.1 Å². The third-order valence-electron chi connectivity index (χ3n) is 3.40. The van der Waals surface area contributed by atoms with E-state index in [1.54, 1.807) is 0 Å². The SMILES string of the molecule is Cc1c2ccc(N)cc2nn1C1CCCCO1. The average molecular weight is 231 g/mol. The van der Waals surface area contributed by atoms with Gasteiger partial charge in [-0.25, -0.2) is 4.68 Å². The molecule has 1 aliphatic heterocycles. The van der Waals surface area contributed by atoms with Crippen LogP contribution in [0.4, 0.5) is 5.69 Å². The molecule has 3 rings (SSSR count). The van der Waals surface area contributed by atoms with E-state index in [1.165, 1.54) is 6.42 Å². The minimum atomic E-state index is 0.0948. The van der Waals surface area contributed by atoms with Crippen molar-refractivity contribution in [3.05, 3.63) is 23.9 Å². The summed E-state index contributed by atoms with van der Waals surface area (Å²) in [5.41, 5.74) is 8.65. The molecule has 1 saturated heterocycles. The maximum Gasteiger partial charge on any atom is 0.150 e. The number of nitrogens with two attached hydrogens (primary N) is 1. The molecular formula is C13H17N3O. The highest BCUT2D eigenvalue weighted by atomic mass is 16.5. The monoisotopic (exact) mass is 231 g/mol. The zero-order chi connectivity index (χ0) is 11.8. The number of benzene rings is 1. The first-order chi connectivity index (χ1) is 8.25. The average Bonchev–Trinajstić information content (AvgIpc) is 2.67. The van der Waals surface area contributed by atoms with Gasteiger partial charge in [0.25, 0.3) is 0 Å². The third-order valence-corrected chi connectivity index (χ3v) is 3.40. The highest BCUT2D eigenvalue weighted by Crippen LogP contribution is 2.27. The van der Waals surface area contributed by atoms with Gasteiger partial charge < -0.3 is 10.5 Å². The van der Waals surface area contributed by atoms with Gasteiger partial charge in [-0.05, 0) is 44.4 Å². The number of fused-ring (bicyclic) bond motifs is 1. The molecule has 0 aliphatic carbocycles. The van der Waals surface area contributed by atoms with Crippen LogP contribution in [-0.2, 0) is 4.74 Å². The molecule has 1 aromatic carbocycles. The lowest BCUT2D eigenvalue weighted by Gasteiger charge is -2.23. The van der Waals surface area contributed by atoms with Gasteiger partial charge in [0.15, 0.2) is 0 Å². The number of nitrogen functional groups attached to an aromatic ring is 1. The molecule has 0 bridgehead atoms. The summed E-state index contributed by atoms with van der Waals surface area (Å²) in [5, 5.41) is 5.77. The van der Waals surface area contributed by atoms with Crippen molar-refractivity contribution < 1.29 is 4.74 Å². The molecule has 0 radical (unpaired) electrons. The van der Waals surface area contributed by atoms with Gasteiger partial charge in [0, 0.05) is 23.4 Å². The van der Waals surface area contributed by atoms with E-state index in [4.69, 9.17) is 10.5 Å². The molecule has 0 amide bonds. The molecule has 2 N–H and O–H groups in total. The summed E-state index contributed by atoms with van der Waals surface area (Å²) in [6.45, 7) is 2.92. The molecule has 90 valence electrons. The number of rotatable bonds is 1. The molecule has 1 unspecified atom stereocenters. The van der Waals surface area contributed by atoms with Crippen molar-refractivity contribution in [3.8, 4) is 0 Å². The summed E-state index contributed by atoms with van der Waals surface area (Å²) in [4.78, 5) is 0. The second-order valence-electron chi connectivity index (χ2n) is 4.63. The van der Waals surface area contributed by atoms with Gasteiger partial charge in [-0.15, -0.1) is 0 Å². The molecule has 4 nitrogen and oxygen atoms in total. The molecule has 1 aromatic heterocycles. The molecule has 0 saturated carbocycles. The summed E-state index contributed by atoms with van der Waals surface area (Å²) in [5.74, 6) is 0. The Morgan fingerprint density at radius 3 is 3.06 bits per heavy atom. The van der Waals surface area contributed by atoms with Gasteiger partial charge in [-0.1, -0.05) is 0 Å². The number of hydrogen-bond acceptors (Lipinski definition) is 3. The molecule has 1 atom stereocenters. The third kappa shape index (κ3) is 1.78. The Bertz CT molecular complexity index is 541. The smallest absolute Gasteiger partial charge is 0.150 e. The van der Waals surface area contributed by atoms with Crippen molar-refractivity contribution in [2.45, 2.75) is 32.4 Å². The quantitative estimate of drug-likeness (QED) is 0.767. The highest BCUT2D eigenvalue weighted by Gasteiger charge is 2.19. The maximum absolute atomic E-state index is 5.78. The molecule has 2 aromatic rings. The van der Waals surface area contributed by atoms with Crippen molar-refractivity contribution in [3.63, 3.8) is 0 Å². The fourth-order valence-corrected chi connectivity index (χ4v) is 2.45. The van der Waals surface area contributed by atoms with Crippen molar-refractivity contribution in [1.29, 1.82) is 0 Å². The predicted molar refractivity (Wildman–Crippen MR) is 67.7 cm³/mol. The lowest BCUT2D eigenvalue weighted by molar-refractivity contribution is -0.0402. The second kappa shape index (κ2) is 4.04. The van der Waals surface area contributed by atoms with E-state index in [-0.39, 0.29) is 6.23 Å². The first-order valence-corrected chi connectivity index (χ1v) is 6.11. The Morgan fingerprint density at radius 2 is 2.29 bits per heavy atom. The van der Waals surface area contributed by atoms with Gasteiger partial charge in [0.2, 0.25) is 0 Å². The van der Waals surface area contributed by atoms with Gasteiger partial charge in [-0.3, -0.25) is 0 Å². The summed E-state index contributed by atoms with van der Waals surface area (Å²) in [7, 11) is 0. The summed E-state index contributed by atoms with van der Waals surface area (Å²) >= 11 is 0. The van der Waals surface area contributed by atoms with E-state index < -0.39 is 0 Å². The van der Waals surface area contributed by atoms with Crippen LogP contribution in [0.5, 0.6) is 0 Å². The molecule has 2 heterocycles. The fraction of sp³-hybridized carbons (Fsp3) is 0.462. The van der Waals surface area contributed by atoms with Crippen LogP contribution in [0, 0.1) is 6.92 Å². The van der Waals surface area contributed by atoms with Crippen molar-refractivity contribution in [2.24, 2.45) is 0 Å². The van der Waals surface area contributed by atoms with Gasteiger partial charge >= 0.3 is 0 Å². The number of ether oxygens (including phenoxy) is 1. The number of nitrogens with zero attached hydrogens (tertiary/aromatic N) is 2. The van der Waals surface area contributed by atoms with E-state index >= 15 is 0 Å². The van der Waals surface area contributed by atoms with Crippen LogP contribution in [0.15, 0.2) is 18.2 Å². The number of aryl methyl sites for hydroxylation is 1. The summed E-state index contributed by atoms with van der Waals surface area (Å²) < 4.78 is 7.78. The largest absolute Gasteiger partial charge is 0.399 e. The molecule has 1 aliphatic rings. The Labute approximate surface area is 100 Å². The van der Waals surface area contributed by atoms with Crippen LogP contribution in [0.3, 0.4) is 0 Å². The van der Waals surface area contributed by atoms with Crippen LogP contribution in [0.2, 0.25) is 0 Å². The second-order valence-corrected chi connectivity index (χ2v) is 4.63. The first kappa shape index (κ1) is 10.6. The van der Waals surface area contributed by atoms with Crippen LogP contribution in [0.1, 0.15) is 31.2 Å². The normalized spacial score (nSPS) is 20.9. The molecule has 17 heavy (non-hydrogen) atoms. The number of hydrogen-bond donors (Lipinski definition) is 1. The zero-order valence-corrected chi connectivity index (χ0v) is 10.0. The van der Waals surface area contributed by atoms with E-state index in [0.717, 1.165) is 41.7 Å². The Morgan fingerprint density at radius 1 is 1.41 bits per heavy atom. The molecule has 1 fully saturated rings. The molecule has 4 heteroatoms. The highest BCUT2D eigenvalue weighted by molar-refractivity contribution is 5.84. The van der Waals surface area contributed by atoms with Gasteiger partial charge in [-0.2, -0.15) is 5.10 Å². The van der Waals surface area contributed by atoms with Crippen LogP contribution >= 0.6 is 0 Å². The Hall–Kier alpha value is -1.55. The van der Waals surface area contributed by atoms with Gasteiger partial charge in [0.05, 0.1) is 5.52 Å². The van der Waals surface area contributed by atoms with Gasteiger partial charge in [0.1, 0.15) is 6.23 Å². The maximum atomic E-state index is 5.78. The fourth-order valence-electron chi connectivity index (χ4n) is 2.45. The van der Waals surface area contributed by atoms with Crippen molar-refractivity contribution in [1.82, 2.24) is 9.78 Å². The first-order valence-electron chi connectivity index (χ1n) is 6.11. The van der Waals surface area contributed by atoms with Crippen molar-refractivity contribution in [2.75, 3.05) is 12.3 Å². The van der Waals surface area contributed by atoms with Crippen LogP contribution < -0.4 is 5.73 Å². The molecular weight excluding hydrogens is 214 g/mol. The predicted octanol–water partition coefficient (Wildman–Crippen LogP) is 2.63. The number of aromatic nitrogens is 2. The Kier molecular flexibility index (Phi) is 2.52. The minimum absolute atomic E-state index is 0.0948. The van der Waals surface area contributed by atoms with Crippen molar-refractivity contribution >= 4 is 16.6 Å². The minimum Gasteiger partial charge on any atom is -0.399 e. The van der Waals surface area contributed by atoms with Crippen LogP contribution in [-0.4, -0.2) is 16.4 Å². The number of anilines is 1. The molecule has 0 spiro atoms.